The number of nitrogens with one attached hydrogen (secondary N) is 1. The number of alkyl carbamates (subject to hydrolysis) is 1. The van der Waals surface area contributed by atoms with E-state index in [-0.39, 0.29) is 17.4 Å². The molecule has 2 amide bonds. The van der Waals surface area contributed by atoms with Crippen molar-refractivity contribution in [3.63, 3.8) is 0 Å². The van der Waals surface area contributed by atoms with Gasteiger partial charge in [-0.3, -0.25) is 4.79 Å². The number of carbonyl (C=O) groups is 2. The number of nitrogens with zero attached hydrogens (tertiary/aromatic N) is 1. The van der Waals surface area contributed by atoms with E-state index in [1.54, 1.807) is 0 Å². The molecule has 1 saturated carbocycles. The zero-order valence-corrected chi connectivity index (χ0v) is 14.7. The summed E-state index contributed by atoms with van der Waals surface area (Å²) in [6.07, 6.45) is 2.19. The molecule has 5 heteroatoms. The summed E-state index contributed by atoms with van der Waals surface area (Å²) < 4.78 is 5.29. The molecule has 130 valence electrons. The van der Waals surface area contributed by atoms with Crippen LogP contribution in [0.15, 0.2) is 30.3 Å². The Kier molecular flexibility index (Phi) is 4.28. The predicted octanol–water partition coefficient (Wildman–Crippen LogP) is 2.84. The molecule has 0 aromatic heterocycles. The second kappa shape index (κ2) is 6.11. The van der Waals surface area contributed by atoms with Gasteiger partial charge in [-0.15, -0.1) is 0 Å². The Hall–Kier alpha value is -2.04. The molecule has 1 atom stereocenters. The zero-order chi connectivity index (χ0) is 17.4. The summed E-state index contributed by atoms with van der Waals surface area (Å²) >= 11 is 0. The van der Waals surface area contributed by atoms with E-state index in [2.05, 4.69) is 5.32 Å². The Morgan fingerprint density at radius 1 is 1.21 bits per heavy atom. The molecule has 1 saturated heterocycles. The van der Waals surface area contributed by atoms with E-state index in [1.807, 2.05) is 56.0 Å². The summed E-state index contributed by atoms with van der Waals surface area (Å²) in [5.74, 6) is 0.196. The Balaban J connectivity index is 1.58. The first-order valence-electron chi connectivity index (χ1n) is 8.65. The maximum absolute atomic E-state index is 13.0. The number of hydrogen-bond donors (Lipinski definition) is 1. The molecule has 3 rings (SSSR count). The monoisotopic (exact) mass is 330 g/mol. The molecule has 2 fully saturated rings. The van der Waals surface area contributed by atoms with E-state index in [0.717, 1.165) is 24.8 Å². The van der Waals surface area contributed by atoms with E-state index in [4.69, 9.17) is 4.74 Å². The van der Waals surface area contributed by atoms with Gasteiger partial charge >= 0.3 is 6.09 Å². The number of ether oxygens (including phenoxy) is 1. The molecule has 5 nitrogen and oxygen atoms in total. The van der Waals surface area contributed by atoms with Crippen molar-refractivity contribution in [3.8, 4) is 0 Å². The normalized spacial score (nSPS) is 22.1. The van der Waals surface area contributed by atoms with Crippen LogP contribution in [-0.2, 0) is 14.9 Å². The van der Waals surface area contributed by atoms with Gasteiger partial charge in [0, 0.05) is 13.1 Å². The Labute approximate surface area is 143 Å². The van der Waals surface area contributed by atoms with Gasteiger partial charge in [-0.05, 0) is 45.6 Å². The number of carbonyl (C=O) groups excluding carboxylic acids is 2. The van der Waals surface area contributed by atoms with Crippen molar-refractivity contribution in [2.45, 2.75) is 57.1 Å². The van der Waals surface area contributed by atoms with Gasteiger partial charge in [0.25, 0.3) is 0 Å². The smallest absolute Gasteiger partial charge is 0.407 e. The average molecular weight is 330 g/mol. The third-order valence-electron chi connectivity index (χ3n) is 4.68. The molecule has 0 radical (unpaired) electrons. The highest BCUT2D eigenvalue weighted by molar-refractivity contribution is 5.91. The van der Waals surface area contributed by atoms with Crippen molar-refractivity contribution < 1.29 is 14.3 Å². The Morgan fingerprint density at radius 3 is 2.46 bits per heavy atom. The first-order chi connectivity index (χ1) is 11.3. The maximum atomic E-state index is 13.0. The number of hydrogen-bond acceptors (Lipinski definition) is 3. The van der Waals surface area contributed by atoms with Gasteiger partial charge in [-0.2, -0.15) is 0 Å². The van der Waals surface area contributed by atoms with Crippen molar-refractivity contribution in [1.82, 2.24) is 10.2 Å². The highest BCUT2D eigenvalue weighted by Crippen LogP contribution is 2.49. The fraction of sp³-hybridized carbons (Fsp3) is 0.579. The van der Waals surface area contributed by atoms with Gasteiger partial charge in [0.05, 0.1) is 11.5 Å². The van der Waals surface area contributed by atoms with Gasteiger partial charge in [-0.25, -0.2) is 4.79 Å². The molecule has 0 bridgehead atoms. The van der Waals surface area contributed by atoms with E-state index < -0.39 is 11.7 Å². The summed E-state index contributed by atoms with van der Waals surface area (Å²) in [5, 5.41) is 2.88. The van der Waals surface area contributed by atoms with Crippen molar-refractivity contribution in [2.75, 3.05) is 13.1 Å². The standard InChI is InChI=1S/C19H26N2O3/c1-18(2,3)24-17(23)20-15-9-12-21(13-15)16(22)19(10-11-19)14-7-5-4-6-8-14/h4-8,15H,9-13H2,1-3H3,(H,20,23)/t15-/m0/s1. The second-order valence-corrected chi connectivity index (χ2v) is 7.83. The topological polar surface area (TPSA) is 58.6 Å². The minimum atomic E-state index is -0.510. The molecule has 1 aromatic carbocycles. The van der Waals surface area contributed by atoms with Crippen LogP contribution in [0.4, 0.5) is 4.79 Å². The third-order valence-corrected chi connectivity index (χ3v) is 4.68. The first-order valence-corrected chi connectivity index (χ1v) is 8.65. The summed E-state index contributed by atoms with van der Waals surface area (Å²) in [7, 11) is 0. The van der Waals surface area contributed by atoms with E-state index in [9.17, 15) is 9.59 Å². The maximum Gasteiger partial charge on any atom is 0.407 e. The van der Waals surface area contributed by atoms with Crippen LogP contribution < -0.4 is 5.32 Å². The molecular weight excluding hydrogens is 304 g/mol. The van der Waals surface area contributed by atoms with Crippen LogP contribution in [0.5, 0.6) is 0 Å². The van der Waals surface area contributed by atoms with Crippen LogP contribution in [0.3, 0.4) is 0 Å². The molecule has 1 heterocycles. The van der Waals surface area contributed by atoms with E-state index in [0.29, 0.717) is 13.1 Å². The summed E-state index contributed by atoms with van der Waals surface area (Å²) in [6.45, 7) is 6.77. The largest absolute Gasteiger partial charge is 0.444 e. The van der Waals surface area contributed by atoms with Crippen LogP contribution in [-0.4, -0.2) is 41.6 Å². The molecule has 24 heavy (non-hydrogen) atoms. The average Bonchev–Trinajstić information content (AvgIpc) is 3.20. The number of benzene rings is 1. The van der Waals surface area contributed by atoms with Gasteiger partial charge in [0.15, 0.2) is 0 Å². The van der Waals surface area contributed by atoms with Crippen molar-refractivity contribution in [1.29, 1.82) is 0 Å². The number of likely N-dealkylation sites (tertiary alicyclic amines) is 1. The zero-order valence-electron chi connectivity index (χ0n) is 14.7. The summed E-state index contributed by atoms with van der Waals surface area (Å²) in [4.78, 5) is 26.7. The predicted molar refractivity (Wildman–Crippen MR) is 91.7 cm³/mol. The molecule has 1 aromatic rings. The van der Waals surface area contributed by atoms with Crippen LogP contribution >= 0.6 is 0 Å². The van der Waals surface area contributed by atoms with Crippen LogP contribution in [0.1, 0.15) is 45.6 Å². The van der Waals surface area contributed by atoms with Crippen LogP contribution in [0.25, 0.3) is 0 Å². The van der Waals surface area contributed by atoms with Crippen molar-refractivity contribution in [3.05, 3.63) is 35.9 Å². The minimum Gasteiger partial charge on any atom is -0.444 e. The molecule has 1 aliphatic heterocycles. The fourth-order valence-corrected chi connectivity index (χ4v) is 3.35. The van der Waals surface area contributed by atoms with Crippen LogP contribution in [0, 0.1) is 0 Å². The fourth-order valence-electron chi connectivity index (χ4n) is 3.35. The highest BCUT2D eigenvalue weighted by Gasteiger charge is 2.53. The quantitative estimate of drug-likeness (QED) is 0.927. The van der Waals surface area contributed by atoms with Crippen molar-refractivity contribution in [2.24, 2.45) is 0 Å². The molecule has 1 aliphatic carbocycles. The third kappa shape index (κ3) is 3.55. The Morgan fingerprint density at radius 2 is 1.88 bits per heavy atom. The lowest BCUT2D eigenvalue weighted by Gasteiger charge is -2.24. The lowest BCUT2D eigenvalue weighted by atomic mass is 9.94. The molecule has 1 N–H and O–H groups in total. The number of amides is 2. The van der Waals surface area contributed by atoms with E-state index in [1.165, 1.54) is 0 Å². The van der Waals surface area contributed by atoms with Crippen LogP contribution in [0.2, 0.25) is 0 Å². The van der Waals surface area contributed by atoms with Crippen molar-refractivity contribution >= 4 is 12.0 Å². The molecule has 2 aliphatic rings. The second-order valence-electron chi connectivity index (χ2n) is 7.83. The summed E-state index contributed by atoms with van der Waals surface area (Å²) in [5.41, 5.74) is 0.268. The highest BCUT2D eigenvalue weighted by atomic mass is 16.6. The molecule has 0 spiro atoms. The number of rotatable bonds is 3. The van der Waals surface area contributed by atoms with Gasteiger partial charge < -0.3 is 15.0 Å². The van der Waals surface area contributed by atoms with Gasteiger partial charge in [0.2, 0.25) is 5.91 Å². The lowest BCUT2D eigenvalue weighted by molar-refractivity contribution is -0.133. The minimum absolute atomic E-state index is 0.0321. The molecular formula is C19H26N2O3. The summed E-state index contributed by atoms with van der Waals surface area (Å²) in [6, 6.07) is 9.99. The Bertz CT molecular complexity index is 617. The van der Waals surface area contributed by atoms with Gasteiger partial charge in [0.1, 0.15) is 5.60 Å². The van der Waals surface area contributed by atoms with Gasteiger partial charge in [-0.1, -0.05) is 30.3 Å². The first kappa shape index (κ1) is 16.8. The van der Waals surface area contributed by atoms with E-state index >= 15 is 0 Å². The molecule has 0 unspecified atom stereocenters. The SMILES string of the molecule is CC(C)(C)OC(=O)N[C@H]1CCN(C(=O)C2(c3ccccc3)CC2)C1. The lowest BCUT2D eigenvalue weighted by Crippen LogP contribution is -2.43.